The summed E-state index contributed by atoms with van der Waals surface area (Å²) >= 11 is 1.44. The quantitative estimate of drug-likeness (QED) is 0.651. The second-order valence-corrected chi connectivity index (χ2v) is 4.12. The molecule has 1 aliphatic heterocycles. The van der Waals surface area contributed by atoms with Gasteiger partial charge in [0.1, 0.15) is 6.04 Å². The van der Waals surface area contributed by atoms with E-state index in [0.29, 0.717) is 12.4 Å². The summed E-state index contributed by atoms with van der Waals surface area (Å²) in [5.74, 6) is -0.660. The average Bonchev–Trinajstić information content (AvgIpc) is 2.53. The summed E-state index contributed by atoms with van der Waals surface area (Å²) in [5, 5.41) is 11.4. The van der Waals surface area contributed by atoms with Crippen molar-refractivity contribution in [3.8, 4) is 0 Å². The third-order valence-corrected chi connectivity index (χ3v) is 3.04. The standard InChI is InChI=1S/C8H13NO4S/c1-2-13-7(10)3-6-9-5(4-14-6)8(11)12/h5-6,9H,2-4H2,1H3,(H,11,12)/t5-,6?/m1/s1. The summed E-state index contributed by atoms with van der Waals surface area (Å²) in [7, 11) is 0. The summed E-state index contributed by atoms with van der Waals surface area (Å²) < 4.78 is 4.76. The van der Waals surface area contributed by atoms with E-state index in [0.717, 1.165) is 0 Å². The Labute approximate surface area is 86.2 Å². The van der Waals surface area contributed by atoms with Crippen molar-refractivity contribution < 1.29 is 19.4 Å². The molecule has 1 rings (SSSR count). The van der Waals surface area contributed by atoms with E-state index in [1.807, 2.05) is 0 Å². The molecule has 6 heteroatoms. The molecule has 1 aliphatic rings. The van der Waals surface area contributed by atoms with Crippen LogP contribution >= 0.6 is 11.8 Å². The molecular formula is C8H13NO4S. The third-order valence-electron chi connectivity index (χ3n) is 1.81. The van der Waals surface area contributed by atoms with Crippen molar-refractivity contribution in [2.45, 2.75) is 24.8 Å². The first-order chi connectivity index (χ1) is 6.63. The first-order valence-electron chi connectivity index (χ1n) is 4.39. The maximum atomic E-state index is 11.1. The Morgan fingerprint density at radius 1 is 1.64 bits per heavy atom. The SMILES string of the molecule is CCOC(=O)CC1N[C@@H](C(=O)O)CS1. The lowest BCUT2D eigenvalue weighted by Crippen LogP contribution is -2.37. The fourth-order valence-electron chi connectivity index (χ4n) is 1.16. The number of carboxylic acids is 1. The number of thioether (sulfide) groups is 1. The lowest BCUT2D eigenvalue weighted by Gasteiger charge is -2.09. The zero-order valence-corrected chi connectivity index (χ0v) is 8.67. The van der Waals surface area contributed by atoms with E-state index in [9.17, 15) is 9.59 Å². The van der Waals surface area contributed by atoms with Crippen LogP contribution in [0.1, 0.15) is 13.3 Å². The first-order valence-corrected chi connectivity index (χ1v) is 5.44. The fourth-order valence-corrected chi connectivity index (χ4v) is 2.34. The Bertz CT molecular complexity index is 233. The molecule has 1 saturated heterocycles. The molecular weight excluding hydrogens is 206 g/mol. The molecule has 14 heavy (non-hydrogen) atoms. The van der Waals surface area contributed by atoms with E-state index in [4.69, 9.17) is 9.84 Å². The monoisotopic (exact) mass is 219 g/mol. The van der Waals surface area contributed by atoms with Crippen LogP contribution in [0.25, 0.3) is 0 Å². The zero-order chi connectivity index (χ0) is 10.6. The van der Waals surface area contributed by atoms with Gasteiger partial charge in [0.25, 0.3) is 0 Å². The minimum absolute atomic E-state index is 0.129. The van der Waals surface area contributed by atoms with Crippen molar-refractivity contribution in [1.82, 2.24) is 5.32 Å². The van der Waals surface area contributed by atoms with Crippen LogP contribution < -0.4 is 5.32 Å². The van der Waals surface area contributed by atoms with E-state index in [2.05, 4.69) is 5.32 Å². The number of esters is 1. The minimum Gasteiger partial charge on any atom is -0.480 e. The number of hydrogen-bond acceptors (Lipinski definition) is 5. The Morgan fingerprint density at radius 2 is 2.36 bits per heavy atom. The zero-order valence-electron chi connectivity index (χ0n) is 7.86. The fraction of sp³-hybridized carbons (Fsp3) is 0.750. The van der Waals surface area contributed by atoms with Gasteiger partial charge in [0.15, 0.2) is 0 Å². The van der Waals surface area contributed by atoms with E-state index in [-0.39, 0.29) is 17.8 Å². The van der Waals surface area contributed by atoms with E-state index < -0.39 is 12.0 Å². The number of carboxylic acid groups (broad SMARTS) is 1. The molecule has 2 atom stereocenters. The molecule has 0 amide bonds. The maximum absolute atomic E-state index is 11.1. The van der Waals surface area contributed by atoms with Gasteiger partial charge in [-0.3, -0.25) is 14.9 Å². The van der Waals surface area contributed by atoms with Gasteiger partial charge in [-0.25, -0.2) is 0 Å². The van der Waals surface area contributed by atoms with E-state index >= 15 is 0 Å². The number of ether oxygens (including phenoxy) is 1. The van der Waals surface area contributed by atoms with Crippen molar-refractivity contribution in [1.29, 1.82) is 0 Å². The number of carbonyl (C=O) groups is 2. The summed E-state index contributed by atoms with van der Waals surface area (Å²) in [5.41, 5.74) is 0. The topological polar surface area (TPSA) is 75.6 Å². The van der Waals surface area contributed by atoms with Crippen LogP contribution in [0.4, 0.5) is 0 Å². The van der Waals surface area contributed by atoms with Gasteiger partial charge in [0.05, 0.1) is 18.4 Å². The highest BCUT2D eigenvalue weighted by Gasteiger charge is 2.30. The molecule has 0 aromatic rings. The second-order valence-electron chi connectivity index (χ2n) is 2.89. The smallest absolute Gasteiger partial charge is 0.321 e. The van der Waals surface area contributed by atoms with Crippen LogP contribution in [-0.4, -0.2) is 40.8 Å². The first kappa shape index (κ1) is 11.3. The van der Waals surface area contributed by atoms with Crippen LogP contribution in [0, 0.1) is 0 Å². The Hall–Kier alpha value is -0.750. The van der Waals surface area contributed by atoms with Crippen molar-refractivity contribution in [2.75, 3.05) is 12.4 Å². The summed E-state index contributed by atoms with van der Waals surface area (Å²) in [4.78, 5) is 21.6. The van der Waals surface area contributed by atoms with Crippen LogP contribution in [0.2, 0.25) is 0 Å². The molecule has 0 aliphatic carbocycles. The molecule has 0 bridgehead atoms. The van der Waals surface area contributed by atoms with Crippen LogP contribution in [0.15, 0.2) is 0 Å². The minimum atomic E-state index is -0.871. The summed E-state index contributed by atoms with van der Waals surface area (Å²) in [6.45, 7) is 2.10. The van der Waals surface area contributed by atoms with Crippen molar-refractivity contribution in [2.24, 2.45) is 0 Å². The van der Waals surface area contributed by atoms with Crippen LogP contribution in [0.5, 0.6) is 0 Å². The molecule has 0 radical (unpaired) electrons. The largest absolute Gasteiger partial charge is 0.480 e. The molecule has 0 saturated carbocycles. The van der Waals surface area contributed by atoms with Crippen LogP contribution in [-0.2, 0) is 14.3 Å². The molecule has 0 aromatic heterocycles. The number of nitrogens with one attached hydrogen (secondary N) is 1. The molecule has 80 valence electrons. The second kappa shape index (κ2) is 5.21. The van der Waals surface area contributed by atoms with Gasteiger partial charge in [0, 0.05) is 5.75 Å². The van der Waals surface area contributed by atoms with E-state index in [1.54, 1.807) is 6.92 Å². The normalized spacial score (nSPS) is 26.1. The third kappa shape index (κ3) is 3.19. The highest BCUT2D eigenvalue weighted by Crippen LogP contribution is 2.21. The van der Waals surface area contributed by atoms with Gasteiger partial charge in [-0.2, -0.15) is 0 Å². The van der Waals surface area contributed by atoms with Gasteiger partial charge in [0.2, 0.25) is 0 Å². The molecule has 0 aromatic carbocycles. The van der Waals surface area contributed by atoms with Gasteiger partial charge < -0.3 is 9.84 Å². The van der Waals surface area contributed by atoms with Crippen molar-refractivity contribution >= 4 is 23.7 Å². The number of carbonyl (C=O) groups excluding carboxylic acids is 1. The Kier molecular flexibility index (Phi) is 4.21. The Morgan fingerprint density at radius 3 is 2.86 bits per heavy atom. The van der Waals surface area contributed by atoms with Gasteiger partial charge in [-0.05, 0) is 6.92 Å². The average molecular weight is 219 g/mol. The van der Waals surface area contributed by atoms with Gasteiger partial charge >= 0.3 is 11.9 Å². The highest BCUT2D eigenvalue weighted by atomic mass is 32.2. The summed E-state index contributed by atoms with van der Waals surface area (Å²) in [6, 6.07) is -0.542. The van der Waals surface area contributed by atoms with Crippen LogP contribution in [0.3, 0.4) is 0 Å². The molecule has 0 spiro atoms. The molecule has 5 nitrogen and oxygen atoms in total. The van der Waals surface area contributed by atoms with Crippen molar-refractivity contribution in [3.63, 3.8) is 0 Å². The van der Waals surface area contributed by atoms with Gasteiger partial charge in [-0.15, -0.1) is 11.8 Å². The lowest BCUT2D eigenvalue weighted by molar-refractivity contribution is -0.144. The van der Waals surface area contributed by atoms with E-state index in [1.165, 1.54) is 11.8 Å². The number of hydrogen-bond donors (Lipinski definition) is 2. The van der Waals surface area contributed by atoms with Gasteiger partial charge in [-0.1, -0.05) is 0 Å². The van der Waals surface area contributed by atoms with Crippen molar-refractivity contribution in [3.05, 3.63) is 0 Å². The molecule has 1 fully saturated rings. The number of aliphatic carboxylic acids is 1. The summed E-state index contributed by atoms with van der Waals surface area (Å²) in [6.07, 6.45) is 0.224. The predicted molar refractivity (Wildman–Crippen MR) is 52.1 cm³/mol. The lowest BCUT2D eigenvalue weighted by atomic mass is 10.3. The molecule has 2 N–H and O–H groups in total. The molecule has 1 unspecified atom stereocenters. The Balaban J connectivity index is 2.28. The maximum Gasteiger partial charge on any atom is 0.321 e. The number of rotatable bonds is 4. The highest BCUT2D eigenvalue weighted by molar-refractivity contribution is 8.00. The predicted octanol–water partition coefficient (Wildman–Crippen LogP) is 0.0553. The molecule has 1 heterocycles.